The Morgan fingerprint density at radius 2 is 0.771 bits per heavy atom. The molecule has 0 bridgehead atoms. The number of aliphatic hydroxyl groups is 1. The molecule has 0 spiro atoms. The maximum absolute atomic E-state index is 12.2. The van der Waals surface area contributed by atoms with Crippen molar-refractivity contribution in [3.63, 3.8) is 0 Å². The molecule has 0 aliphatic rings. The van der Waals surface area contributed by atoms with E-state index >= 15 is 0 Å². The molecule has 284 valence electrons. The minimum Gasteiger partial charge on any atom is -0.462 e. The predicted octanol–water partition coefficient (Wildman–Crippen LogP) is 13.3. The van der Waals surface area contributed by atoms with Crippen LogP contribution in [-0.4, -0.2) is 36.4 Å². The van der Waals surface area contributed by atoms with Gasteiger partial charge in [-0.1, -0.05) is 193 Å². The quantitative estimate of drug-likeness (QED) is 0.0398. The maximum atomic E-state index is 12.2. The minimum absolute atomic E-state index is 0.0596. The smallest absolute Gasteiger partial charge is 0.306 e. The number of esters is 2. The molecule has 5 heteroatoms. The molecule has 1 N–H and O–H groups in total. The fraction of sp³-hybridized carbons (Fsp3) is 0.907. The third-order valence-corrected chi connectivity index (χ3v) is 9.56. The van der Waals surface area contributed by atoms with Gasteiger partial charge in [-0.15, -0.1) is 0 Å². The van der Waals surface area contributed by atoms with Gasteiger partial charge in [0.1, 0.15) is 6.61 Å². The summed E-state index contributed by atoms with van der Waals surface area (Å²) in [5.41, 5.74) is 0. The average molecular weight is 679 g/mol. The second kappa shape index (κ2) is 40.1. The lowest BCUT2D eigenvalue weighted by Gasteiger charge is -2.15. The summed E-state index contributed by atoms with van der Waals surface area (Å²) in [6.45, 7) is 4.15. The summed E-state index contributed by atoms with van der Waals surface area (Å²) in [4.78, 5) is 24.3. The fourth-order valence-corrected chi connectivity index (χ4v) is 6.31. The summed E-state index contributed by atoms with van der Waals surface area (Å²) in [6, 6.07) is 0. The molecular weight excluding hydrogens is 596 g/mol. The number of rotatable bonds is 39. The topological polar surface area (TPSA) is 72.8 Å². The molecule has 5 nitrogen and oxygen atoms in total. The first-order valence-electron chi connectivity index (χ1n) is 21.2. The Balaban J connectivity index is 3.48. The van der Waals surface area contributed by atoms with Crippen LogP contribution in [0.4, 0.5) is 0 Å². The van der Waals surface area contributed by atoms with E-state index < -0.39 is 6.10 Å². The van der Waals surface area contributed by atoms with E-state index in [1.807, 2.05) is 0 Å². The number of allylic oxidation sites excluding steroid dienone is 2. The summed E-state index contributed by atoms with van der Waals surface area (Å²) in [7, 11) is 0. The summed E-state index contributed by atoms with van der Waals surface area (Å²) < 4.78 is 10.6. The lowest BCUT2D eigenvalue weighted by molar-refractivity contribution is -0.161. The van der Waals surface area contributed by atoms with Crippen LogP contribution in [0.25, 0.3) is 0 Å². The average Bonchev–Trinajstić information content (AvgIpc) is 3.09. The van der Waals surface area contributed by atoms with Crippen molar-refractivity contribution in [3.05, 3.63) is 12.2 Å². The van der Waals surface area contributed by atoms with Crippen molar-refractivity contribution < 1.29 is 24.2 Å². The van der Waals surface area contributed by atoms with Crippen LogP contribution in [0, 0.1) is 0 Å². The molecule has 0 amide bonds. The number of ether oxygens (including phenoxy) is 2. The first-order chi connectivity index (χ1) is 23.6. The van der Waals surface area contributed by atoms with E-state index in [0.717, 1.165) is 32.1 Å². The van der Waals surface area contributed by atoms with Gasteiger partial charge in [-0.05, 0) is 38.5 Å². The summed E-state index contributed by atoms with van der Waals surface area (Å²) in [5, 5.41) is 9.56. The Morgan fingerprint density at radius 3 is 1.12 bits per heavy atom. The highest BCUT2D eigenvalue weighted by Gasteiger charge is 2.16. The SMILES string of the molecule is CCCCCCCC/C=C\CCCCCCCCCCCCCC(=O)O[C@@H](CO)COC(=O)CCCCCCCCCCCCCCC. The molecule has 0 unspecified atom stereocenters. The Hall–Kier alpha value is -1.36. The van der Waals surface area contributed by atoms with E-state index in [4.69, 9.17) is 9.47 Å². The van der Waals surface area contributed by atoms with Gasteiger partial charge in [-0.2, -0.15) is 0 Å². The van der Waals surface area contributed by atoms with Crippen molar-refractivity contribution in [2.75, 3.05) is 13.2 Å². The van der Waals surface area contributed by atoms with Gasteiger partial charge in [0.15, 0.2) is 6.10 Å². The van der Waals surface area contributed by atoms with Crippen molar-refractivity contribution in [1.82, 2.24) is 0 Å². The molecule has 0 aliphatic carbocycles. The monoisotopic (exact) mass is 679 g/mol. The third kappa shape index (κ3) is 37.5. The van der Waals surface area contributed by atoms with Crippen LogP contribution >= 0.6 is 0 Å². The van der Waals surface area contributed by atoms with Crippen LogP contribution in [0.5, 0.6) is 0 Å². The number of carbonyl (C=O) groups excluding carboxylic acids is 2. The molecule has 0 radical (unpaired) electrons. The molecule has 0 saturated carbocycles. The number of unbranched alkanes of at least 4 members (excludes halogenated alkanes) is 29. The van der Waals surface area contributed by atoms with Gasteiger partial charge in [-0.3, -0.25) is 9.59 Å². The highest BCUT2D eigenvalue weighted by molar-refractivity contribution is 5.70. The molecule has 0 rings (SSSR count). The molecule has 0 aliphatic heterocycles. The summed E-state index contributed by atoms with van der Waals surface area (Å²) >= 11 is 0. The van der Waals surface area contributed by atoms with Gasteiger partial charge in [-0.25, -0.2) is 0 Å². The first-order valence-corrected chi connectivity index (χ1v) is 21.2. The fourth-order valence-electron chi connectivity index (χ4n) is 6.31. The zero-order chi connectivity index (χ0) is 35.0. The lowest BCUT2D eigenvalue weighted by atomic mass is 10.0. The van der Waals surface area contributed by atoms with Gasteiger partial charge in [0.25, 0.3) is 0 Å². The highest BCUT2D eigenvalue weighted by atomic mass is 16.6. The predicted molar refractivity (Wildman–Crippen MR) is 205 cm³/mol. The van der Waals surface area contributed by atoms with Crippen LogP contribution in [0.3, 0.4) is 0 Å². The highest BCUT2D eigenvalue weighted by Crippen LogP contribution is 2.15. The molecule has 1 atom stereocenters. The van der Waals surface area contributed by atoms with E-state index in [9.17, 15) is 14.7 Å². The van der Waals surface area contributed by atoms with Crippen LogP contribution in [0.2, 0.25) is 0 Å². The van der Waals surface area contributed by atoms with E-state index in [0.29, 0.717) is 12.8 Å². The first kappa shape index (κ1) is 46.6. The second-order valence-corrected chi connectivity index (χ2v) is 14.4. The van der Waals surface area contributed by atoms with Crippen LogP contribution in [0.1, 0.15) is 232 Å². The summed E-state index contributed by atoms with van der Waals surface area (Å²) in [5.74, 6) is -0.579. The molecule has 48 heavy (non-hydrogen) atoms. The Morgan fingerprint density at radius 1 is 0.458 bits per heavy atom. The molecule has 0 saturated heterocycles. The van der Waals surface area contributed by atoms with Crippen LogP contribution in [0.15, 0.2) is 12.2 Å². The summed E-state index contributed by atoms with van der Waals surface area (Å²) in [6.07, 6.45) is 45.6. The van der Waals surface area contributed by atoms with Gasteiger partial charge >= 0.3 is 11.9 Å². The van der Waals surface area contributed by atoms with Crippen molar-refractivity contribution >= 4 is 11.9 Å². The number of aliphatic hydroxyl groups excluding tert-OH is 1. The van der Waals surface area contributed by atoms with E-state index in [1.165, 1.54) is 173 Å². The number of hydrogen-bond acceptors (Lipinski definition) is 5. The van der Waals surface area contributed by atoms with Gasteiger partial charge in [0, 0.05) is 12.8 Å². The zero-order valence-corrected chi connectivity index (χ0v) is 32.3. The van der Waals surface area contributed by atoms with Crippen LogP contribution < -0.4 is 0 Å². The molecule has 0 aromatic rings. The molecular formula is C43H82O5. The van der Waals surface area contributed by atoms with Gasteiger partial charge in [0.05, 0.1) is 6.61 Å². The Kier molecular flexibility index (Phi) is 38.9. The third-order valence-electron chi connectivity index (χ3n) is 9.56. The van der Waals surface area contributed by atoms with Gasteiger partial charge in [0.2, 0.25) is 0 Å². The van der Waals surface area contributed by atoms with Crippen LogP contribution in [-0.2, 0) is 19.1 Å². The maximum Gasteiger partial charge on any atom is 0.306 e. The lowest BCUT2D eigenvalue weighted by Crippen LogP contribution is -2.28. The molecule has 0 fully saturated rings. The van der Waals surface area contributed by atoms with E-state index in [2.05, 4.69) is 26.0 Å². The van der Waals surface area contributed by atoms with Crippen molar-refractivity contribution in [1.29, 1.82) is 0 Å². The van der Waals surface area contributed by atoms with E-state index in [1.54, 1.807) is 0 Å². The normalized spacial score (nSPS) is 12.1. The van der Waals surface area contributed by atoms with E-state index in [-0.39, 0.29) is 25.2 Å². The van der Waals surface area contributed by atoms with Crippen molar-refractivity contribution in [2.45, 2.75) is 238 Å². The molecule has 0 heterocycles. The Bertz CT molecular complexity index is 691. The van der Waals surface area contributed by atoms with Crippen molar-refractivity contribution in [2.24, 2.45) is 0 Å². The molecule has 0 aromatic carbocycles. The van der Waals surface area contributed by atoms with Crippen molar-refractivity contribution in [3.8, 4) is 0 Å². The molecule has 0 aromatic heterocycles. The standard InChI is InChI=1S/C43H82O5/c1-3-5-7-9-11-13-15-17-18-19-20-21-22-23-24-26-28-30-32-34-36-38-43(46)48-41(39-44)40-47-42(45)37-35-33-31-29-27-25-16-14-12-10-8-6-4-2/h17-18,41,44H,3-16,19-40H2,1-2H3/b18-17-/t41-/m0/s1. The number of hydrogen-bond donors (Lipinski definition) is 1. The Labute approximate surface area is 299 Å². The number of carbonyl (C=O) groups is 2. The second-order valence-electron chi connectivity index (χ2n) is 14.4. The minimum atomic E-state index is -0.764. The largest absolute Gasteiger partial charge is 0.462 e. The zero-order valence-electron chi connectivity index (χ0n) is 32.3. The van der Waals surface area contributed by atoms with Gasteiger partial charge < -0.3 is 14.6 Å².